The van der Waals surface area contributed by atoms with E-state index in [9.17, 15) is 9.18 Å². The molecule has 0 atom stereocenters. The van der Waals surface area contributed by atoms with E-state index in [0.29, 0.717) is 5.69 Å². The monoisotopic (exact) mass is 290 g/mol. The zero-order valence-corrected chi connectivity index (χ0v) is 11.2. The maximum Gasteiger partial charge on any atom is 0.248 e. The van der Waals surface area contributed by atoms with Gasteiger partial charge in [-0.25, -0.2) is 4.39 Å². The summed E-state index contributed by atoms with van der Waals surface area (Å²) in [6.07, 6.45) is 2.91. The van der Waals surface area contributed by atoms with Crippen LogP contribution in [-0.2, 0) is 4.79 Å². The fourth-order valence-corrected chi connectivity index (χ4v) is 1.76. The Morgan fingerprint density at radius 3 is 2.75 bits per heavy atom. The Hall–Kier alpha value is -2.33. The van der Waals surface area contributed by atoms with Gasteiger partial charge >= 0.3 is 0 Å². The van der Waals surface area contributed by atoms with Crippen LogP contribution in [0.15, 0.2) is 48.5 Å². The van der Waals surface area contributed by atoms with Gasteiger partial charge in [-0.2, -0.15) is 0 Å². The van der Waals surface area contributed by atoms with Crippen LogP contribution in [0.3, 0.4) is 0 Å². The van der Waals surface area contributed by atoms with Crippen molar-refractivity contribution in [1.82, 2.24) is 0 Å². The minimum Gasteiger partial charge on any atom is -0.399 e. The second-order valence-electron chi connectivity index (χ2n) is 4.12. The highest BCUT2D eigenvalue weighted by atomic mass is 35.5. The Morgan fingerprint density at radius 2 is 2.05 bits per heavy atom. The number of halogens is 2. The molecule has 0 bridgehead atoms. The smallest absolute Gasteiger partial charge is 0.248 e. The first-order valence-electron chi connectivity index (χ1n) is 5.84. The van der Waals surface area contributed by atoms with Crippen LogP contribution in [-0.4, -0.2) is 5.91 Å². The number of rotatable bonds is 3. The molecule has 3 nitrogen and oxygen atoms in total. The SMILES string of the molecule is Nc1cccc(/C=C/C(=O)Nc2ccc(Cl)cc2F)c1. The van der Waals surface area contributed by atoms with E-state index in [4.69, 9.17) is 17.3 Å². The fourth-order valence-electron chi connectivity index (χ4n) is 1.60. The van der Waals surface area contributed by atoms with Gasteiger partial charge in [0.1, 0.15) is 5.82 Å². The van der Waals surface area contributed by atoms with Crippen molar-refractivity contribution in [1.29, 1.82) is 0 Å². The van der Waals surface area contributed by atoms with Crippen LogP contribution in [0.1, 0.15) is 5.56 Å². The summed E-state index contributed by atoms with van der Waals surface area (Å²) in [6, 6.07) is 11.1. The highest BCUT2D eigenvalue weighted by Gasteiger charge is 2.05. The number of amides is 1. The molecule has 0 saturated carbocycles. The third-order valence-corrected chi connectivity index (χ3v) is 2.76. The van der Waals surface area contributed by atoms with Crippen molar-refractivity contribution in [2.75, 3.05) is 11.1 Å². The topological polar surface area (TPSA) is 55.1 Å². The third-order valence-electron chi connectivity index (χ3n) is 2.53. The molecule has 0 aromatic heterocycles. The second-order valence-corrected chi connectivity index (χ2v) is 4.55. The van der Waals surface area contributed by atoms with Crippen LogP contribution in [0.2, 0.25) is 5.02 Å². The quantitative estimate of drug-likeness (QED) is 0.669. The van der Waals surface area contributed by atoms with Crippen molar-refractivity contribution in [3.63, 3.8) is 0 Å². The standard InChI is InChI=1S/C15H12ClFN2O/c16-11-5-6-14(13(17)9-11)19-15(20)7-4-10-2-1-3-12(18)8-10/h1-9H,18H2,(H,19,20)/b7-4+. The van der Waals surface area contributed by atoms with Crippen LogP contribution < -0.4 is 11.1 Å². The lowest BCUT2D eigenvalue weighted by molar-refractivity contribution is -0.111. The van der Waals surface area contributed by atoms with E-state index in [1.807, 2.05) is 6.07 Å². The Bertz CT molecular complexity index is 671. The normalized spacial score (nSPS) is 10.7. The number of hydrogen-bond donors (Lipinski definition) is 2. The molecule has 0 fully saturated rings. The average Bonchev–Trinajstić information content (AvgIpc) is 2.40. The number of anilines is 2. The molecule has 2 aromatic carbocycles. The molecule has 102 valence electrons. The van der Waals surface area contributed by atoms with Gasteiger partial charge in [0.05, 0.1) is 5.69 Å². The molecule has 0 heterocycles. The van der Waals surface area contributed by atoms with Crippen molar-refractivity contribution in [2.45, 2.75) is 0 Å². The summed E-state index contributed by atoms with van der Waals surface area (Å²) in [5.41, 5.74) is 7.10. The lowest BCUT2D eigenvalue weighted by Gasteiger charge is -2.03. The fraction of sp³-hybridized carbons (Fsp3) is 0. The summed E-state index contributed by atoms with van der Waals surface area (Å²) in [5, 5.41) is 2.71. The van der Waals surface area contributed by atoms with E-state index in [-0.39, 0.29) is 10.7 Å². The molecular weight excluding hydrogens is 279 g/mol. The molecule has 0 aliphatic heterocycles. The van der Waals surface area contributed by atoms with Crippen LogP contribution >= 0.6 is 11.6 Å². The number of hydrogen-bond acceptors (Lipinski definition) is 2. The van der Waals surface area contributed by atoms with Crippen LogP contribution in [0.4, 0.5) is 15.8 Å². The van der Waals surface area contributed by atoms with E-state index in [1.54, 1.807) is 24.3 Å². The first kappa shape index (κ1) is 14.1. The van der Waals surface area contributed by atoms with E-state index < -0.39 is 11.7 Å². The zero-order valence-electron chi connectivity index (χ0n) is 10.4. The van der Waals surface area contributed by atoms with Gasteiger partial charge in [0.25, 0.3) is 0 Å². The van der Waals surface area contributed by atoms with E-state index in [2.05, 4.69) is 5.32 Å². The average molecular weight is 291 g/mol. The molecule has 1 amide bonds. The van der Waals surface area contributed by atoms with Crippen LogP contribution in [0.25, 0.3) is 6.08 Å². The van der Waals surface area contributed by atoms with Crippen molar-refractivity contribution in [2.24, 2.45) is 0 Å². The first-order valence-corrected chi connectivity index (χ1v) is 6.22. The molecule has 0 saturated heterocycles. The largest absolute Gasteiger partial charge is 0.399 e. The van der Waals surface area contributed by atoms with Crippen molar-refractivity contribution < 1.29 is 9.18 Å². The molecule has 2 aromatic rings. The summed E-state index contributed by atoms with van der Waals surface area (Å²) >= 11 is 5.63. The molecular formula is C15H12ClFN2O. The minimum atomic E-state index is -0.580. The predicted octanol–water partition coefficient (Wildman–Crippen LogP) is 3.71. The zero-order chi connectivity index (χ0) is 14.5. The van der Waals surface area contributed by atoms with Crippen molar-refractivity contribution in [3.8, 4) is 0 Å². The van der Waals surface area contributed by atoms with Gasteiger partial charge in [0.15, 0.2) is 0 Å². The van der Waals surface area contributed by atoms with Crippen LogP contribution in [0, 0.1) is 5.82 Å². The summed E-state index contributed by atoms with van der Waals surface area (Å²) < 4.78 is 13.5. The van der Waals surface area contributed by atoms with Crippen molar-refractivity contribution in [3.05, 3.63) is 64.9 Å². The van der Waals surface area contributed by atoms with Gasteiger partial charge in [0.2, 0.25) is 5.91 Å². The lowest BCUT2D eigenvalue weighted by Crippen LogP contribution is -2.09. The summed E-state index contributed by atoms with van der Waals surface area (Å²) in [5.74, 6) is -1.02. The summed E-state index contributed by atoms with van der Waals surface area (Å²) in [4.78, 5) is 11.7. The third kappa shape index (κ3) is 3.83. The maximum absolute atomic E-state index is 13.5. The van der Waals surface area contributed by atoms with Gasteiger partial charge in [-0.1, -0.05) is 23.7 Å². The predicted molar refractivity (Wildman–Crippen MR) is 79.9 cm³/mol. The lowest BCUT2D eigenvalue weighted by atomic mass is 10.2. The number of nitrogen functional groups attached to an aromatic ring is 1. The number of carbonyl (C=O) groups excluding carboxylic acids is 1. The molecule has 20 heavy (non-hydrogen) atoms. The molecule has 0 radical (unpaired) electrons. The molecule has 0 aliphatic carbocycles. The van der Waals surface area contributed by atoms with Gasteiger partial charge in [0, 0.05) is 16.8 Å². The number of nitrogens with one attached hydrogen (secondary N) is 1. The van der Waals surface area contributed by atoms with Gasteiger partial charge < -0.3 is 11.1 Å². The second kappa shape index (κ2) is 6.21. The van der Waals surface area contributed by atoms with Gasteiger partial charge in [-0.15, -0.1) is 0 Å². The number of benzene rings is 2. The Morgan fingerprint density at radius 1 is 1.25 bits per heavy atom. The van der Waals surface area contributed by atoms with E-state index >= 15 is 0 Å². The molecule has 0 spiro atoms. The molecule has 2 rings (SSSR count). The molecule has 0 unspecified atom stereocenters. The highest BCUT2D eigenvalue weighted by Crippen LogP contribution is 2.18. The summed E-state index contributed by atoms with van der Waals surface area (Å²) in [7, 11) is 0. The first-order chi connectivity index (χ1) is 9.54. The Labute approximate surface area is 120 Å². The highest BCUT2D eigenvalue weighted by molar-refractivity contribution is 6.30. The Balaban J connectivity index is 2.05. The van der Waals surface area contributed by atoms with E-state index in [0.717, 1.165) is 11.6 Å². The molecule has 0 aliphatic rings. The van der Waals surface area contributed by atoms with Crippen molar-refractivity contribution >= 4 is 35.0 Å². The maximum atomic E-state index is 13.5. The Kier molecular flexibility index (Phi) is 4.38. The van der Waals surface area contributed by atoms with E-state index in [1.165, 1.54) is 18.2 Å². The number of nitrogens with two attached hydrogens (primary N) is 1. The molecule has 3 N–H and O–H groups in total. The van der Waals surface area contributed by atoms with Crippen LogP contribution in [0.5, 0.6) is 0 Å². The molecule has 5 heteroatoms. The van der Waals surface area contributed by atoms with Gasteiger partial charge in [-0.05, 0) is 42.0 Å². The minimum absolute atomic E-state index is 0.0802. The summed E-state index contributed by atoms with van der Waals surface area (Å²) in [6.45, 7) is 0. The number of carbonyl (C=O) groups is 1. The van der Waals surface area contributed by atoms with Gasteiger partial charge in [-0.3, -0.25) is 4.79 Å².